The molecule has 0 saturated heterocycles. The maximum Gasteiger partial charge on any atom is 0.0166 e. The molecule has 2 heteroatoms. The van der Waals surface area contributed by atoms with Crippen molar-refractivity contribution in [3.63, 3.8) is 0 Å². The van der Waals surface area contributed by atoms with E-state index in [1.54, 1.807) is 0 Å². The topological polar surface area (TPSA) is 26.0 Å². The third-order valence-electron chi connectivity index (χ3n) is 6.45. The Morgan fingerprint density at radius 3 is 1.37 bits per heavy atom. The summed E-state index contributed by atoms with van der Waals surface area (Å²) in [7, 11) is 0. The van der Waals surface area contributed by atoms with Crippen LogP contribution in [0.15, 0.2) is 30.3 Å². The zero-order chi connectivity index (χ0) is 21.2. The molecule has 0 radical (unpaired) electrons. The van der Waals surface area contributed by atoms with E-state index < -0.39 is 0 Å². The van der Waals surface area contributed by atoms with E-state index in [0.717, 1.165) is 0 Å². The van der Waals surface area contributed by atoms with Crippen molar-refractivity contribution in [2.75, 3.05) is 0 Å². The van der Waals surface area contributed by atoms with Crippen LogP contribution in [-0.2, 0) is 0 Å². The van der Waals surface area contributed by atoms with E-state index >= 15 is 0 Å². The van der Waals surface area contributed by atoms with Crippen molar-refractivity contribution in [3.8, 4) is 0 Å². The first-order valence-corrected chi connectivity index (χ1v) is 12.9. The molecule has 1 rings (SSSR count). The van der Waals surface area contributed by atoms with Gasteiger partial charge in [0.05, 0.1) is 0 Å². The smallest absolute Gasteiger partial charge is 0.0166 e. The van der Waals surface area contributed by atoms with Crippen LogP contribution in [0.1, 0.15) is 141 Å². The Hall–Kier alpha value is -0.530. The lowest BCUT2D eigenvalue weighted by Crippen LogP contribution is -2.39. The number of hydrogen-bond donors (Lipinski definition) is 1. The van der Waals surface area contributed by atoms with Gasteiger partial charge in [0.25, 0.3) is 0 Å². The Labute approximate surface area is 195 Å². The van der Waals surface area contributed by atoms with Gasteiger partial charge in [0.15, 0.2) is 0 Å². The summed E-state index contributed by atoms with van der Waals surface area (Å²) in [4.78, 5) is 0. The van der Waals surface area contributed by atoms with Crippen LogP contribution in [-0.4, -0.2) is 5.54 Å². The minimum Gasteiger partial charge on any atom is -0.325 e. The largest absolute Gasteiger partial charge is 0.325 e. The fourth-order valence-corrected chi connectivity index (χ4v) is 4.55. The van der Waals surface area contributed by atoms with Crippen molar-refractivity contribution in [2.45, 2.75) is 141 Å². The van der Waals surface area contributed by atoms with Gasteiger partial charge in [-0.3, -0.25) is 0 Å². The Morgan fingerprint density at radius 2 is 1.00 bits per heavy atom. The number of unbranched alkanes of at least 4 members (excludes halogenated alkanes) is 15. The Morgan fingerprint density at radius 1 is 0.633 bits per heavy atom. The molecule has 0 saturated carbocycles. The normalized spacial score (nSPS) is 12.5. The standard InChI is InChI=1S/C28H51N.ClH/c1-4-5-6-7-8-9-10-11-12-13-14-15-16-17-18-22-25-27(28(2,3)29)26-23-20-19-21-24-26;/h19-21,23-24,27H,4-18,22,25,29H2,1-3H3;1H. The summed E-state index contributed by atoms with van der Waals surface area (Å²) in [6.07, 6.45) is 24.0. The van der Waals surface area contributed by atoms with Gasteiger partial charge in [0, 0.05) is 11.5 Å². The molecule has 1 aromatic rings. The van der Waals surface area contributed by atoms with Crippen molar-refractivity contribution in [1.82, 2.24) is 0 Å². The van der Waals surface area contributed by atoms with E-state index in [1.807, 2.05) is 0 Å². The molecule has 1 aromatic carbocycles. The van der Waals surface area contributed by atoms with Gasteiger partial charge in [-0.1, -0.05) is 140 Å². The summed E-state index contributed by atoms with van der Waals surface area (Å²) >= 11 is 0. The predicted octanol–water partition coefficient (Wildman–Crippen LogP) is 9.58. The maximum atomic E-state index is 6.48. The van der Waals surface area contributed by atoms with Crippen molar-refractivity contribution in [2.24, 2.45) is 5.73 Å². The van der Waals surface area contributed by atoms with E-state index in [0.29, 0.717) is 5.92 Å². The average Bonchev–Trinajstić information content (AvgIpc) is 2.70. The molecule has 176 valence electrons. The van der Waals surface area contributed by atoms with Crippen LogP contribution in [0.5, 0.6) is 0 Å². The molecule has 0 amide bonds. The molecule has 2 N–H and O–H groups in total. The summed E-state index contributed by atoms with van der Waals surface area (Å²) in [6.45, 7) is 6.65. The minimum absolute atomic E-state index is 0. The fourth-order valence-electron chi connectivity index (χ4n) is 4.55. The summed E-state index contributed by atoms with van der Waals surface area (Å²) in [5.74, 6) is 0.468. The molecule has 0 bridgehead atoms. The first-order valence-electron chi connectivity index (χ1n) is 12.9. The van der Waals surface area contributed by atoms with Crippen LogP contribution >= 0.6 is 12.4 Å². The van der Waals surface area contributed by atoms with Crippen LogP contribution < -0.4 is 5.73 Å². The number of nitrogens with two attached hydrogens (primary N) is 1. The molecule has 30 heavy (non-hydrogen) atoms. The second-order valence-electron chi connectivity index (χ2n) is 9.88. The molecule has 1 nitrogen and oxygen atoms in total. The minimum atomic E-state index is -0.142. The average molecular weight is 438 g/mol. The van der Waals surface area contributed by atoms with Crippen molar-refractivity contribution >= 4 is 12.4 Å². The van der Waals surface area contributed by atoms with E-state index in [1.165, 1.54) is 115 Å². The molecule has 0 spiro atoms. The molecule has 0 aliphatic rings. The Kier molecular flexibility index (Phi) is 18.8. The van der Waals surface area contributed by atoms with E-state index in [4.69, 9.17) is 5.73 Å². The number of hydrogen-bond acceptors (Lipinski definition) is 1. The molecule has 0 aliphatic carbocycles. The molecule has 0 aromatic heterocycles. The van der Waals surface area contributed by atoms with Crippen molar-refractivity contribution in [1.29, 1.82) is 0 Å². The van der Waals surface area contributed by atoms with Gasteiger partial charge in [0.2, 0.25) is 0 Å². The molecule has 1 unspecified atom stereocenters. The van der Waals surface area contributed by atoms with Gasteiger partial charge in [-0.15, -0.1) is 12.4 Å². The Bertz CT molecular complexity index is 465. The molecule has 1 atom stereocenters. The van der Waals surface area contributed by atoms with E-state index in [2.05, 4.69) is 51.1 Å². The van der Waals surface area contributed by atoms with Crippen LogP contribution in [0.4, 0.5) is 0 Å². The lowest BCUT2D eigenvalue weighted by Gasteiger charge is -2.31. The van der Waals surface area contributed by atoms with Crippen LogP contribution in [0.25, 0.3) is 0 Å². The second kappa shape index (κ2) is 19.2. The molecular formula is C28H52ClN. The van der Waals surface area contributed by atoms with E-state index in [9.17, 15) is 0 Å². The van der Waals surface area contributed by atoms with Gasteiger partial charge in [-0.25, -0.2) is 0 Å². The zero-order valence-corrected chi connectivity index (χ0v) is 21.3. The lowest BCUT2D eigenvalue weighted by atomic mass is 9.79. The molecular weight excluding hydrogens is 386 g/mol. The highest BCUT2D eigenvalue weighted by molar-refractivity contribution is 5.85. The fraction of sp³-hybridized carbons (Fsp3) is 0.786. The van der Waals surface area contributed by atoms with Crippen LogP contribution in [0, 0.1) is 0 Å². The summed E-state index contributed by atoms with van der Waals surface area (Å²) in [5.41, 5.74) is 7.74. The van der Waals surface area contributed by atoms with Gasteiger partial charge in [0.1, 0.15) is 0 Å². The van der Waals surface area contributed by atoms with Gasteiger partial charge in [-0.05, 0) is 25.8 Å². The highest BCUT2D eigenvalue weighted by Gasteiger charge is 2.25. The first-order chi connectivity index (χ1) is 14.1. The third kappa shape index (κ3) is 15.3. The van der Waals surface area contributed by atoms with Gasteiger partial charge >= 0.3 is 0 Å². The number of halogens is 1. The highest BCUT2D eigenvalue weighted by Crippen LogP contribution is 2.31. The van der Waals surface area contributed by atoms with Crippen LogP contribution in [0.3, 0.4) is 0 Å². The third-order valence-corrected chi connectivity index (χ3v) is 6.45. The summed E-state index contributed by atoms with van der Waals surface area (Å²) in [5, 5.41) is 0. The SMILES string of the molecule is CCCCCCCCCCCCCCCCCCC(c1ccccc1)C(C)(C)N.Cl. The summed E-state index contributed by atoms with van der Waals surface area (Å²) < 4.78 is 0. The van der Waals surface area contributed by atoms with Crippen LogP contribution in [0.2, 0.25) is 0 Å². The van der Waals surface area contributed by atoms with Crippen molar-refractivity contribution < 1.29 is 0 Å². The molecule has 0 aliphatic heterocycles. The van der Waals surface area contributed by atoms with Crippen molar-refractivity contribution in [3.05, 3.63) is 35.9 Å². The monoisotopic (exact) mass is 437 g/mol. The summed E-state index contributed by atoms with van der Waals surface area (Å²) in [6, 6.07) is 10.9. The lowest BCUT2D eigenvalue weighted by molar-refractivity contribution is 0.376. The number of rotatable bonds is 19. The second-order valence-corrected chi connectivity index (χ2v) is 9.88. The van der Waals surface area contributed by atoms with Gasteiger partial charge in [-0.2, -0.15) is 0 Å². The van der Waals surface area contributed by atoms with Gasteiger partial charge < -0.3 is 5.73 Å². The zero-order valence-electron chi connectivity index (χ0n) is 20.5. The molecule has 0 fully saturated rings. The van der Waals surface area contributed by atoms with E-state index in [-0.39, 0.29) is 17.9 Å². The number of benzene rings is 1. The molecule has 0 heterocycles. The predicted molar refractivity (Wildman–Crippen MR) is 139 cm³/mol. The maximum absolute atomic E-state index is 6.48. The highest BCUT2D eigenvalue weighted by atomic mass is 35.5. The first kappa shape index (κ1) is 29.5. The Balaban J connectivity index is 0.00000841. The quantitative estimate of drug-likeness (QED) is 0.214.